The van der Waals surface area contributed by atoms with Gasteiger partial charge >= 0.3 is 0 Å². The number of carbonyl (C=O) groups excluding carboxylic acids is 1. The van der Waals surface area contributed by atoms with Gasteiger partial charge in [0.1, 0.15) is 5.88 Å². The SMILES string of the molecule is N#Cc1cccc(C(c2ccccc2)C2N=CC=CN2OCC2CCN(C(=O)CCl)CC2)c1. The van der Waals surface area contributed by atoms with Gasteiger partial charge in [-0.2, -0.15) is 5.26 Å². The molecule has 0 aromatic heterocycles. The lowest BCUT2D eigenvalue weighted by Gasteiger charge is -2.37. The van der Waals surface area contributed by atoms with E-state index >= 15 is 0 Å². The number of likely N-dealkylation sites (tertiary alicyclic amines) is 1. The molecule has 1 saturated heterocycles. The van der Waals surface area contributed by atoms with Gasteiger partial charge in [0, 0.05) is 25.5 Å². The van der Waals surface area contributed by atoms with Crippen LogP contribution >= 0.6 is 11.6 Å². The van der Waals surface area contributed by atoms with E-state index < -0.39 is 0 Å². The highest BCUT2D eigenvalue weighted by Gasteiger charge is 2.31. The minimum Gasteiger partial charge on any atom is -0.342 e. The van der Waals surface area contributed by atoms with E-state index in [9.17, 15) is 10.1 Å². The topological polar surface area (TPSA) is 68.9 Å². The second-order valence-corrected chi connectivity index (χ2v) is 8.56. The molecule has 1 amide bonds. The maximum atomic E-state index is 11.8. The van der Waals surface area contributed by atoms with E-state index in [1.54, 1.807) is 6.21 Å². The van der Waals surface area contributed by atoms with Crippen LogP contribution in [0.4, 0.5) is 0 Å². The summed E-state index contributed by atoms with van der Waals surface area (Å²) in [5, 5.41) is 11.2. The molecule has 0 saturated carbocycles. The van der Waals surface area contributed by atoms with E-state index in [1.165, 1.54) is 0 Å². The first kappa shape index (κ1) is 23.0. The maximum Gasteiger partial charge on any atom is 0.237 e. The van der Waals surface area contributed by atoms with Crippen molar-refractivity contribution in [3.05, 3.63) is 83.6 Å². The molecule has 2 atom stereocenters. The first-order valence-corrected chi connectivity index (χ1v) is 11.7. The van der Waals surface area contributed by atoms with Crippen molar-refractivity contribution in [3.8, 4) is 6.07 Å². The fourth-order valence-corrected chi connectivity index (χ4v) is 4.56. The van der Waals surface area contributed by atoms with Crippen molar-refractivity contribution in [2.75, 3.05) is 25.6 Å². The number of piperidine rings is 1. The number of hydrogen-bond acceptors (Lipinski definition) is 5. The van der Waals surface area contributed by atoms with Crippen LogP contribution in [0.15, 0.2) is 71.9 Å². The van der Waals surface area contributed by atoms with Gasteiger partial charge in [0.15, 0.2) is 6.17 Å². The average molecular weight is 463 g/mol. The Morgan fingerprint density at radius 2 is 1.91 bits per heavy atom. The summed E-state index contributed by atoms with van der Waals surface area (Å²) in [4.78, 5) is 24.7. The van der Waals surface area contributed by atoms with Crippen molar-refractivity contribution in [1.82, 2.24) is 9.96 Å². The van der Waals surface area contributed by atoms with E-state index in [0.29, 0.717) is 31.2 Å². The molecule has 7 heteroatoms. The first-order valence-electron chi connectivity index (χ1n) is 11.2. The highest BCUT2D eigenvalue weighted by molar-refractivity contribution is 6.27. The highest BCUT2D eigenvalue weighted by atomic mass is 35.5. The summed E-state index contributed by atoms with van der Waals surface area (Å²) in [5.41, 5.74) is 2.74. The predicted molar refractivity (Wildman–Crippen MR) is 129 cm³/mol. The van der Waals surface area contributed by atoms with Crippen LogP contribution in [0.5, 0.6) is 0 Å². The summed E-state index contributed by atoms with van der Waals surface area (Å²) in [7, 11) is 0. The molecule has 1 fully saturated rings. The van der Waals surface area contributed by atoms with Crippen LogP contribution in [0.25, 0.3) is 0 Å². The Hall–Kier alpha value is -3.14. The Morgan fingerprint density at radius 1 is 1.15 bits per heavy atom. The van der Waals surface area contributed by atoms with Crippen molar-refractivity contribution in [2.45, 2.75) is 24.9 Å². The molecule has 4 rings (SSSR count). The van der Waals surface area contributed by atoms with Crippen molar-refractivity contribution in [2.24, 2.45) is 10.9 Å². The average Bonchev–Trinajstić information content (AvgIpc) is 2.89. The van der Waals surface area contributed by atoms with Crippen LogP contribution in [0, 0.1) is 17.2 Å². The number of allylic oxidation sites excluding steroid dienone is 1. The molecule has 0 bridgehead atoms. The summed E-state index contributed by atoms with van der Waals surface area (Å²) in [6, 6.07) is 20.1. The third kappa shape index (κ3) is 5.62. The van der Waals surface area contributed by atoms with Gasteiger partial charge in [-0.25, -0.2) is 5.06 Å². The molecular weight excluding hydrogens is 436 g/mol. The van der Waals surface area contributed by atoms with Gasteiger partial charge < -0.3 is 4.90 Å². The molecule has 6 nitrogen and oxygen atoms in total. The molecule has 0 N–H and O–H groups in total. The molecule has 2 aromatic carbocycles. The first-order chi connectivity index (χ1) is 16.2. The molecule has 2 heterocycles. The number of amides is 1. The molecule has 0 radical (unpaired) electrons. The lowest BCUT2D eigenvalue weighted by atomic mass is 9.87. The number of hydrogen-bond donors (Lipinski definition) is 0. The summed E-state index contributed by atoms with van der Waals surface area (Å²) >= 11 is 5.69. The van der Waals surface area contributed by atoms with Crippen LogP contribution in [-0.2, 0) is 9.63 Å². The second kappa shape index (κ2) is 11.1. The standard InChI is InChI=1S/C26H27ClN4O2/c27-17-24(32)30-14-10-20(11-15-30)19-33-31-13-5-12-29-26(31)25(22-7-2-1-3-8-22)23-9-4-6-21(16-23)18-28/h1-9,12-13,16,20,25-26H,10-11,14-15,17,19H2. The van der Waals surface area contributed by atoms with Gasteiger partial charge in [-0.1, -0.05) is 42.5 Å². The second-order valence-electron chi connectivity index (χ2n) is 8.29. The minimum atomic E-state index is -0.302. The monoisotopic (exact) mass is 462 g/mol. The lowest BCUT2D eigenvalue weighted by molar-refractivity contribution is -0.165. The lowest BCUT2D eigenvalue weighted by Crippen LogP contribution is -2.42. The molecule has 33 heavy (non-hydrogen) atoms. The quantitative estimate of drug-likeness (QED) is 0.574. The van der Waals surface area contributed by atoms with Crippen LogP contribution < -0.4 is 0 Å². The van der Waals surface area contributed by atoms with Crippen molar-refractivity contribution >= 4 is 23.7 Å². The van der Waals surface area contributed by atoms with Gasteiger partial charge in [0.25, 0.3) is 0 Å². The van der Waals surface area contributed by atoms with E-state index in [4.69, 9.17) is 21.4 Å². The normalized spacial score (nSPS) is 19.3. The fourth-order valence-electron chi connectivity index (χ4n) is 4.39. The van der Waals surface area contributed by atoms with E-state index in [1.807, 2.05) is 64.7 Å². The van der Waals surface area contributed by atoms with Gasteiger partial charge in [0.2, 0.25) is 5.91 Å². The van der Waals surface area contributed by atoms with Crippen molar-refractivity contribution in [1.29, 1.82) is 5.26 Å². The molecule has 2 aliphatic heterocycles. The Morgan fingerprint density at radius 3 is 2.64 bits per heavy atom. The molecule has 0 spiro atoms. The number of nitrogens with zero attached hydrogens (tertiary/aromatic N) is 4. The van der Waals surface area contributed by atoms with Gasteiger partial charge in [0.05, 0.1) is 24.2 Å². The Kier molecular flexibility index (Phi) is 7.77. The van der Waals surface area contributed by atoms with Crippen LogP contribution in [0.1, 0.15) is 35.4 Å². The van der Waals surface area contributed by atoms with Crippen LogP contribution in [-0.4, -0.2) is 53.8 Å². The molecule has 2 unspecified atom stereocenters. The van der Waals surface area contributed by atoms with E-state index in [0.717, 1.165) is 24.0 Å². The van der Waals surface area contributed by atoms with E-state index in [-0.39, 0.29) is 23.9 Å². The smallest absolute Gasteiger partial charge is 0.237 e. The number of aliphatic imine (C=N–C) groups is 1. The van der Waals surface area contributed by atoms with Gasteiger partial charge in [-0.05, 0) is 48.1 Å². The van der Waals surface area contributed by atoms with Crippen molar-refractivity contribution < 1.29 is 9.63 Å². The third-order valence-corrected chi connectivity index (χ3v) is 6.42. The summed E-state index contributed by atoms with van der Waals surface area (Å²) < 4.78 is 0. The number of carbonyl (C=O) groups is 1. The fraction of sp³-hybridized carbons (Fsp3) is 0.346. The van der Waals surface area contributed by atoms with Crippen molar-refractivity contribution in [3.63, 3.8) is 0 Å². The molecular formula is C26H27ClN4O2. The molecule has 0 aliphatic carbocycles. The largest absolute Gasteiger partial charge is 0.342 e. The molecule has 2 aromatic rings. The van der Waals surface area contributed by atoms with Crippen LogP contribution in [0.3, 0.4) is 0 Å². The third-order valence-electron chi connectivity index (χ3n) is 6.19. The molecule has 170 valence electrons. The zero-order valence-electron chi connectivity index (χ0n) is 18.4. The Labute approximate surface area is 199 Å². The summed E-state index contributed by atoms with van der Waals surface area (Å²) in [6.45, 7) is 1.98. The maximum absolute atomic E-state index is 11.8. The Bertz CT molecular complexity index is 1040. The number of nitriles is 1. The number of halogens is 1. The molecule has 2 aliphatic rings. The zero-order valence-corrected chi connectivity index (χ0v) is 19.1. The number of alkyl halides is 1. The van der Waals surface area contributed by atoms with Gasteiger partial charge in [-0.3, -0.25) is 14.6 Å². The summed E-state index contributed by atoms with van der Waals surface area (Å²) in [5.74, 6) is 0.285. The zero-order chi connectivity index (χ0) is 23.0. The predicted octanol–water partition coefficient (Wildman–Crippen LogP) is 4.33. The number of hydroxylamine groups is 2. The number of benzene rings is 2. The minimum absolute atomic E-state index is 0.00491. The van der Waals surface area contributed by atoms with Gasteiger partial charge in [-0.15, -0.1) is 11.6 Å². The van der Waals surface area contributed by atoms with Crippen LogP contribution in [0.2, 0.25) is 0 Å². The van der Waals surface area contributed by atoms with E-state index in [2.05, 4.69) is 18.2 Å². The highest BCUT2D eigenvalue weighted by Crippen LogP contribution is 2.34. The number of rotatable bonds is 7. The summed E-state index contributed by atoms with van der Waals surface area (Å²) in [6.07, 6.45) is 7.05. The Balaban J connectivity index is 1.50.